The molecule has 2 aliphatic rings. The lowest BCUT2D eigenvalue weighted by Gasteiger charge is -2.36. The van der Waals surface area contributed by atoms with Crippen LogP contribution in [0.3, 0.4) is 0 Å². The molecule has 0 aliphatic carbocycles. The molecule has 4 aromatic rings. The van der Waals surface area contributed by atoms with Gasteiger partial charge in [-0.2, -0.15) is 0 Å². The first-order valence-electron chi connectivity index (χ1n) is 13.8. The first-order chi connectivity index (χ1) is 18.8. The third kappa shape index (κ3) is 5.23. The molecule has 4 aromatic carbocycles. The third-order valence-electron chi connectivity index (χ3n) is 8.07. The maximum Gasteiger partial charge on any atom is 0.259 e. The predicted octanol–water partition coefficient (Wildman–Crippen LogP) is 6.58. The molecular formula is C34H35N3O. The average Bonchev–Trinajstić information content (AvgIpc) is 3.32. The fourth-order valence-electron chi connectivity index (χ4n) is 5.95. The SMILES string of the molecule is O=C1c2cc(N3CCN(CCCC(c4ccccc4)c4ccccc4)CC3)ccc2CN1c1ccccc1. The molecule has 0 aromatic heterocycles. The summed E-state index contributed by atoms with van der Waals surface area (Å²) in [7, 11) is 0. The van der Waals surface area contributed by atoms with E-state index < -0.39 is 0 Å². The number of nitrogens with zero attached hydrogens (tertiary/aromatic N) is 3. The van der Waals surface area contributed by atoms with E-state index in [-0.39, 0.29) is 5.91 Å². The lowest BCUT2D eigenvalue weighted by molar-refractivity contribution is 0.0996. The summed E-state index contributed by atoms with van der Waals surface area (Å²) in [6, 6.07) is 38.3. The highest BCUT2D eigenvalue weighted by Crippen LogP contribution is 2.32. The number of anilines is 2. The van der Waals surface area contributed by atoms with E-state index in [9.17, 15) is 4.79 Å². The summed E-state index contributed by atoms with van der Waals surface area (Å²) in [5.41, 5.74) is 6.90. The highest BCUT2D eigenvalue weighted by atomic mass is 16.2. The number of hydrogen-bond acceptors (Lipinski definition) is 3. The molecule has 4 nitrogen and oxygen atoms in total. The molecule has 2 aliphatic heterocycles. The van der Waals surface area contributed by atoms with Crippen LogP contribution in [-0.4, -0.2) is 43.5 Å². The van der Waals surface area contributed by atoms with E-state index >= 15 is 0 Å². The molecule has 0 saturated carbocycles. The van der Waals surface area contributed by atoms with Crippen molar-refractivity contribution in [2.45, 2.75) is 25.3 Å². The molecule has 6 rings (SSSR count). The lowest BCUT2D eigenvalue weighted by atomic mass is 9.87. The molecular weight excluding hydrogens is 466 g/mol. The van der Waals surface area contributed by atoms with Crippen LogP contribution in [-0.2, 0) is 6.54 Å². The maximum atomic E-state index is 13.2. The third-order valence-corrected chi connectivity index (χ3v) is 8.07. The summed E-state index contributed by atoms with van der Waals surface area (Å²) in [6.07, 6.45) is 2.33. The van der Waals surface area contributed by atoms with Crippen LogP contribution in [0.5, 0.6) is 0 Å². The fourth-order valence-corrected chi connectivity index (χ4v) is 5.95. The van der Waals surface area contributed by atoms with Crippen molar-refractivity contribution in [3.63, 3.8) is 0 Å². The molecule has 0 N–H and O–H groups in total. The fraction of sp³-hybridized carbons (Fsp3) is 0.265. The molecule has 192 valence electrons. The van der Waals surface area contributed by atoms with Crippen LogP contribution in [0.2, 0.25) is 0 Å². The number of piperazine rings is 1. The van der Waals surface area contributed by atoms with Crippen LogP contribution in [0, 0.1) is 0 Å². The molecule has 0 radical (unpaired) electrons. The number of hydrogen-bond donors (Lipinski definition) is 0. The van der Waals surface area contributed by atoms with Crippen molar-refractivity contribution in [3.8, 4) is 0 Å². The Balaban J connectivity index is 1.04. The number of fused-ring (bicyclic) bond motifs is 1. The molecule has 1 fully saturated rings. The molecule has 0 bridgehead atoms. The highest BCUT2D eigenvalue weighted by molar-refractivity contribution is 6.10. The number of amides is 1. The number of rotatable bonds is 8. The Hall–Kier alpha value is -3.89. The quantitative estimate of drug-likeness (QED) is 0.273. The van der Waals surface area contributed by atoms with Crippen molar-refractivity contribution in [2.75, 3.05) is 42.5 Å². The molecule has 1 saturated heterocycles. The van der Waals surface area contributed by atoms with Crippen LogP contribution in [0.15, 0.2) is 109 Å². The van der Waals surface area contributed by atoms with Crippen LogP contribution in [0.4, 0.5) is 11.4 Å². The van der Waals surface area contributed by atoms with Crippen molar-refractivity contribution in [2.24, 2.45) is 0 Å². The Labute approximate surface area is 226 Å². The van der Waals surface area contributed by atoms with E-state index in [4.69, 9.17) is 0 Å². The van der Waals surface area contributed by atoms with E-state index in [0.29, 0.717) is 12.5 Å². The molecule has 2 heterocycles. The predicted molar refractivity (Wildman–Crippen MR) is 156 cm³/mol. The molecule has 0 spiro atoms. The van der Waals surface area contributed by atoms with Gasteiger partial charge < -0.3 is 9.80 Å². The van der Waals surface area contributed by atoms with E-state index in [1.807, 2.05) is 35.2 Å². The minimum absolute atomic E-state index is 0.109. The molecule has 4 heteroatoms. The second-order valence-corrected chi connectivity index (χ2v) is 10.4. The normalized spacial score (nSPS) is 15.8. The van der Waals surface area contributed by atoms with Crippen molar-refractivity contribution >= 4 is 17.3 Å². The number of para-hydroxylation sites is 1. The lowest BCUT2D eigenvalue weighted by Crippen LogP contribution is -2.46. The van der Waals surface area contributed by atoms with Crippen molar-refractivity contribution < 1.29 is 4.79 Å². The van der Waals surface area contributed by atoms with Crippen molar-refractivity contribution in [1.82, 2.24) is 4.90 Å². The van der Waals surface area contributed by atoms with E-state index in [2.05, 4.69) is 88.7 Å². The maximum absolute atomic E-state index is 13.2. The summed E-state index contributed by atoms with van der Waals surface area (Å²) < 4.78 is 0. The molecule has 38 heavy (non-hydrogen) atoms. The van der Waals surface area contributed by atoms with Gasteiger partial charge in [-0.25, -0.2) is 0 Å². The van der Waals surface area contributed by atoms with Crippen LogP contribution in [0.25, 0.3) is 0 Å². The summed E-state index contributed by atoms with van der Waals surface area (Å²) in [4.78, 5) is 20.1. The summed E-state index contributed by atoms with van der Waals surface area (Å²) in [5.74, 6) is 0.552. The second-order valence-electron chi connectivity index (χ2n) is 10.4. The van der Waals surface area contributed by atoms with E-state index in [1.54, 1.807) is 0 Å². The van der Waals surface area contributed by atoms with Crippen molar-refractivity contribution in [1.29, 1.82) is 0 Å². The molecule has 1 amide bonds. The van der Waals surface area contributed by atoms with Gasteiger partial charge in [0, 0.05) is 49.0 Å². The van der Waals surface area contributed by atoms with E-state index in [1.165, 1.54) is 23.2 Å². The van der Waals surface area contributed by atoms with Crippen LogP contribution >= 0.6 is 0 Å². The second kappa shape index (κ2) is 11.2. The first-order valence-corrected chi connectivity index (χ1v) is 13.8. The summed E-state index contributed by atoms with van der Waals surface area (Å²) in [5, 5.41) is 0. The standard InChI is InChI=1S/C34H35N3O/c38-34-33-25-31(19-18-29(33)26-37(34)30-15-8-3-9-16-30)36-23-21-35(22-24-36)20-10-17-32(27-11-4-1-5-12-27)28-13-6-2-7-14-28/h1-9,11-16,18-19,25,32H,10,17,20-24,26H2. The van der Waals surface area contributed by atoms with Gasteiger partial charge in [0.1, 0.15) is 0 Å². The molecule has 0 atom stereocenters. The molecule has 0 unspecified atom stereocenters. The minimum Gasteiger partial charge on any atom is -0.369 e. The van der Waals surface area contributed by atoms with Crippen LogP contribution < -0.4 is 9.80 Å². The van der Waals surface area contributed by atoms with Gasteiger partial charge in [0.2, 0.25) is 0 Å². The Kier molecular flexibility index (Phi) is 7.23. The topological polar surface area (TPSA) is 26.8 Å². The van der Waals surface area contributed by atoms with Gasteiger partial charge in [0.15, 0.2) is 0 Å². The van der Waals surface area contributed by atoms with Crippen molar-refractivity contribution in [3.05, 3.63) is 131 Å². The van der Waals surface area contributed by atoms with Crippen LogP contribution in [0.1, 0.15) is 45.8 Å². The average molecular weight is 502 g/mol. The largest absolute Gasteiger partial charge is 0.369 e. The Morgan fingerprint density at radius 2 is 1.26 bits per heavy atom. The summed E-state index contributed by atoms with van der Waals surface area (Å²) in [6.45, 7) is 5.88. The smallest absolute Gasteiger partial charge is 0.259 e. The number of benzene rings is 4. The van der Waals surface area contributed by atoms with Gasteiger partial charge in [-0.3, -0.25) is 9.69 Å². The minimum atomic E-state index is 0.109. The van der Waals surface area contributed by atoms with Gasteiger partial charge in [0.05, 0.1) is 6.54 Å². The van der Waals surface area contributed by atoms with E-state index in [0.717, 1.165) is 56.0 Å². The Morgan fingerprint density at radius 1 is 0.658 bits per heavy atom. The summed E-state index contributed by atoms with van der Waals surface area (Å²) >= 11 is 0. The first kappa shape index (κ1) is 24.4. The highest BCUT2D eigenvalue weighted by Gasteiger charge is 2.29. The van der Waals surface area contributed by atoms with Gasteiger partial charge in [-0.05, 0) is 60.3 Å². The monoisotopic (exact) mass is 501 g/mol. The van der Waals surface area contributed by atoms with Gasteiger partial charge in [-0.1, -0.05) is 84.9 Å². The Morgan fingerprint density at radius 3 is 1.89 bits per heavy atom. The van der Waals surface area contributed by atoms with Gasteiger partial charge >= 0.3 is 0 Å². The number of carbonyl (C=O) groups excluding carboxylic acids is 1. The zero-order chi connectivity index (χ0) is 25.7. The zero-order valence-electron chi connectivity index (χ0n) is 21.9. The zero-order valence-corrected chi connectivity index (χ0v) is 21.9. The number of carbonyl (C=O) groups is 1. The van der Waals surface area contributed by atoms with Gasteiger partial charge in [0.25, 0.3) is 5.91 Å². The Bertz CT molecular complexity index is 1310. The van der Waals surface area contributed by atoms with Gasteiger partial charge in [-0.15, -0.1) is 0 Å².